The zero-order valence-electron chi connectivity index (χ0n) is 10.6. The van der Waals surface area contributed by atoms with Crippen molar-refractivity contribution < 1.29 is 4.74 Å². The summed E-state index contributed by atoms with van der Waals surface area (Å²) in [7, 11) is 0. The molecule has 0 amide bonds. The molecular weight excluding hydrogens is 228 g/mol. The van der Waals surface area contributed by atoms with E-state index in [2.05, 4.69) is 21.5 Å². The molecule has 1 fully saturated rings. The number of fused-ring (bicyclic) bond motifs is 1. The molecule has 96 valence electrons. The minimum absolute atomic E-state index is 0.239. The van der Waals surface area contributed by atoms with E-state index >= 15 is 0 Å². The number of aromatic nitrogens is 3. The molecule has 2 aromatic rings. The molecule has 1 aliphatic heterocycles. The third kappa shape index (κ3) is 1.95. The SMILES string of the molecule is CC1(Cn2c(N)nc3cnccc32)CCOCC1. The molecule has 0 aliphatic carbocycles. The molecule has 0 saturated carbocycles. The Morgan fingerprint density at radius 3 is 3.00 bits per heavy atom. The summed E-state index contributed by atoms with van der Waals surface area (Å²) in [5.74, 6) is 0.575. The summed E-state index contributed by atoms with van der Waals surface area (Å²) in [6.45, 7) is 4.86. The average molecular weight is 246 g/mol. The Morgan fingerprint density at radius 2 is 2.22 bits per heavy atom. The molecule has 0 atom stereocenters. The van der Waals surface area contributed by atoms with E-state index in [0.29, 0.717) is 5.95 Å². The van der Waals surface area contributed by atoms with E-state index in [-0.39, 0.29) is 5.41 Å². The number of hydrogen-bond donors (Lipinski definition) is 1. The average Bonchev–Trinajstić information content (AvgIpc) is 2.67. The molecule has 2 N–H and O–H groups in total. The van der Waals surface area contributed by atoms with Crippen LogP contribution in [-0.2, 0) is 11.3 Å². The second kappa shape index (κ2) is 4.24. The van der Waals surface area contributed by atoms with E-state index in [1.807, 2.05) is 6.07 Å². The second-order valence-electron chi connectivity index (χ2n) is 5.34. The Hall–Kier alpha value is -1.62. The molecule has 0 spiro atoms. The number of ether oxygens (including phenoxy) is 1. The van der Waals surface area contributed by atoms with Gasteiger partial charge in [-0.05, 0) is 24.3 Å². The van der Waals surface area contributed by atoms with Gasteiger partial charge in [0.05, 0.1) is 11.7 Å². The first-order chi connectivity index (χ1) is 8.68. The van der Waals surface area contributed by atoms with Crippen molar-refractivity contribution in [2.45, 2.75) is 26.3 Å². The van der Waals surface area contributed by atoms with Gasteiger partial charge in [0.25, 0.3) is 0 Å². The van der Waals surface area contributed by atoms with Gasteiger partial charge in [0.2, 0.25) is 5.95 Å². The topological polar surface area (TPSA) is 66.0 Å². The number of pyridine rings is 1. The number of nitrogens with zero attached hydrogens (tertiary/aromatic N) is 3. The van der Waals surface area contributed by atoms with Crippen LogP contribution in [0, 0.1) is 5.41 Å². The van der Waals surface area contributed by atoms with E-state index in [4.69, 9.17) is 10.5 Å². The van der Waals surface area contributed by atoms with Gasteiger partial charge in [0.1, 0.15) is 5.52 Å². The fraction of sp³-hybridized carbons (Fsp3) is 0.538. The summed E-state index contributed by atoms with van der Waals surface area (Å²) in [6.07, 6.45) is 5.68. The monoisotopic (exact) mass is 246 g/mol. The lowest BCUT2D eigenvalue weighted by Crippen LogP contribution is -2.31. The van der Waals surface area contributed by atoms with Gasteiger partial charge in [-0.15, -0.1) is 0 Å². The van der Waals surface area contributed by atoms with E-state index < -0.39 is 0 Å². The summed E-state index contributed by atoms with van der Waals surface area (Å²) in [4.78, 5) is 8.44. The smallest absolute Gasteiger partial charge is 0.201 e. The van der Waals surface area contributed by atoms with Crippen LogP contribution in [0.15, 0.2) is 18.5 Å². The van der Waals surface area contributed by atoms with E-state index in [1.165, 1.54) is 0 Å². The lowest BCUT2D eigenvalue weighted by Gasteiger charge is -2.34. The molecule has 5 heteroatoms. The fourth-order valence-corrected chi connectivity index (χ4v) is 2.57. The fourth-order valence-electron chi connectivity index (χ4n) is 2.57. The zero-order valence-corrected chi connectivity index (χ0v) is 10.6. The van der Waals surface area contributed by atoms with Crippen LogP contribution in [0.25, 0.3) is 11.0 Å². The summed E-state index contributed by atoms with van der Waals surface area (Å²) >= 11 is 0. The summed E-state index contributed by atoms with van der Waals surface area (Å²) < 4.78 is 7.54. The third-order valence-electron chi connectivity index (χ3n) is 3.82. The summed E-state index contributed by atoms with van der Waals surface area (Å²) in [5, 5.41) is 0. The van der Waals surface area contributed by atoms with Crippen LogP contribution < -0.4 is 5.73 Å². The van der Waals surface area contributed by atoms with Crippen LogP contribution in [0.3, 0.4) is 0 Å². The Labute approximate surface area is 106 Å². The van der Waals surface area contributed by atoms with Crippen LogP contribution in [-0.4, -0.2) is 27.7 Å². The van der Waals surface area contributed by atoms with Gasteiger partial charge in [0, 0.05) is 26.0 Å². The largest absolute Gasteiger partial charge is 0.381 e. The van der Waals surface area contributed by atoms with Crippen LogP contribution in [0.4, 0.5) is 5.95 Å². The standard InChI is InChI=1S/C13H18N4O/c1-13(3-6-18-7-4-13)9-17-11-2-5-15-8-10(11)16-12(17)14/h2,5,8H,3-4,6-7,9H2,1H3,(H2,14,16). The minimum Gasteiger partial charge on any atom is -0.381 e. The number of nitrogens with two attached hydrogens (primary N) is 1. The van der Waals surface area contributed by atoms with E-state index in [0.717, 1.165) is 43.6 Å². The van der Waals surface area contributed by atoms with Crippen molar-refractivity contribution in [3.8, 4) is 0 Å². The first-order valence-electron chi connectivity index (χ1n) is 6.31. The molecule has 3 rings (SSSR count). The number of imidazole rings is 1. The quantitative estimate of drug-likeness (QED) is 0.878. The lowest BCUT2D eigenvalue weighted by molar-refractivity contribution is 0.0163. The predicted molar refractivity (Wildman–Crippen MR) is 70.1 cm³/mol. The molecule has 3 heterocycles. The molecule has 1 saturated heterocycles. The Balaban J connectivity index is 1.96. The van der Waals surface area contributed by atoms with Crippen LogP contribution in [0.5, 0.6) is 0 Å². The number of hydrogen-bond acceptors (Lipinski definition) is 4. The lowest BCUT2D eigenvalue weighted by atomic mass is 9.82. The molecule has 0 bridgehead atoms. The van der Waals surface area contributed by atoms with Crippen LogP contribution in [0.2, 0.25) is 0 Å². The molecule has 1 aliphatic rings. The highest BCUT2D eigenvalue weighted by molar-refractivity contribution is 5.77. The predicted octanol–water partition coefficient (Wildman–Crippen LogP) is 1.83. The summed E-state index contributed by atoms with van der Waals surface area (Å²) in [5.41, 5.74) is 8.19. The van der Waals surface area contributed by atoms with E-state index in [1.54, 1.807) is 12.4 Å². The highest BCUT2D eigenvalue weighted by Crippen LogP contribution is 2.33. The third-order valence-corrected chi connectivity index (χ3v) is 3.82. The maximum Gasteiger partial charge on any atom is 0.201 e. The summed E-state index contributed by atoms with van der Waals surface area (Å²) in [6, 6.07) is 1.97. The Kier molecular flexibility index (Phi) is 2.70. The molecular formula is C13H18N4O. The van der Waals surface area contributed by atoms with Crippen molar-refractivity contribution >= 4 is 17.0 Å². The molecule has 5 nitrogen and oxygen atoms in total. The number of anilines is 1. The number of rotatable bonds is 2. The molecule has 2 aromatic heterocycles. The van der Waals surface area contributed by atoms with Gasteiger partial charge in [-0.2, -0.15) is 0 Å². The Bertz CT molecular complexity index is 557. The maximum atomic E-state index is 6.02. The zero-order chi connectivity index (χ0) is 12.6. The second-order valence-corrected chi connectivity index (χ2v) is 5.34. The first-order valence-corrected chi connectivity index (χ1v) is 6.31. The minimum atomic E-state index is 0.239. The molecule has 0 unspecified atom stereocenters. The molecule has 0 radical (unpaired) electrons. The highest BCUT2D eigenvalue weighted by atomic mass is 16.5. The van der Waals surface area contributed by atoms with E-state index in [9.17, 15) is 0 Å². The van der Waals surface area contributed by atoms with Crippen LogP contribution >= 0.6 is 0 Å². The van der Waals surface area contributed by atoms with Gasteiger partial charge < -0.3 is 15.0 Å². The highest BCUT2D eigenvalue weighted by Gasteiger charge is 2.29. The van der Waals surface area contributed by atoms with Crippen molar-refractivity contribution in [2.75, 3.05) is 18.9 Å². The van der Waals surface area contributed by atoms with Crippen LogP contribution in [0.1, 0.15) is 19.8 Å². The van der Waals surface area contributed by atoms with Crippen molar-refractivity contribution in [1.82, 2.24) is 14.5 Å². The van der Waals surface area contributed by atoms with Crippen molar-refractivity contribution in [3.63, 3.8) is 0 Å². The van der Waals surface area contributed by atoms with Gasteiger partial charge in [-0.25, -0.2) is 4.98 Å². The van der Waals surface area contributed by atoms with Gasteiger partial charge >= 0.3 is 0 Å². The van der Waals surface area contributed by atoms with Gasteiger partial charge in [-0.3, -0.25) is 4.98 Å². The first kappa shape index (κ1) is 11.5. The van der Waals surface area contributed by atoms with Crippen molar-refractivity contribution in [2.24, 2.45) is 5.41 Å². The molecule has 18 heavy (non-hydrogen) atoms. The molecule has 0 aromatic carbocycles. The number of nitrogen functional groups attached to an aromatic ring is 1. The van der Waals surface area contributed by atoms with Gasteiger partial charge in [-0.1, -0.05) is 6.92 Å². The maximum absolute atomic E-state index is 6.02. The Morgan fingerprint density at radius 1 is 1.44 bits per heavy atom. The van der Waals surface area contributed by atoms with Crippen molar-refractivity contribution in [3.05, 3.63) is 18.5 Å². The van der Waals surface area contributed by atoms with Gasteiger partial charge in [0.15, 0.2) is 0 Å². The van der Waals surface area contributed by atoms with Crippen molar-refractivity contribution in [1.29, 1.82) is 0 Å². The normalized spacial score (nSPS) is 19.2.